The smallest absolute Gasteiger partial charge is 0.119 e. The lowest BCUT2D eigenvalue weighted by Gasteiger charge is -2.19. The molecular formula is C20H23N2O2-. The SMILES string of the molecule is COc1ccc(N=Cc2cc(C)ccc2O[C-]=NC(C)(C)C)cc1. The molecule has 0 saturated heterocycles. The highest BCUT2D eigenvalue weighted by Crippen LogP contribution is 2.21. The molecule has 0 saturated carbocycles. The van der Waals surface area contributed by atoms with Gasteiger partial charge in [-0.3, -0.25) is 4.99 Å². The van der Waals surface area contributed by atoms with E-state index in [-0.39, 0.29) is 5.54 Å². The van der Waals surface area contributed by atoms with Crippen molar-refractivity contribution < 1.29 is 9.47 Å². The first-order chi connectivity index (χ1) is 11.4. The Kier molecular flexibility index (Phi) is 5.74. The maximum atomic E-state index is 5.57. The standard InChI is InChI=1S/C20H23N2O2/c1-15-6-11-19(24-14-22-20(2,3)4)16(12-15)13-21-17-7-9-18(23-5)10-8-17/h6-13H,1-5H3/q-1. The van der Waals surface area contributed by atoms with Crippen molar-refractivity contribution in [3.8, 4) is 11.5 Å². The molecule has 0 heterocycles. The number of ether oxygens (including phenoxy) is 2. The van der Waals surface area contributed by atoms with Gasteiger partial charge >= 0.3 is 0 Å². The van der Waals surface area contributed by atoms with E-state index in [0.717, 1.165) is 22.6 Å². The zero-order chi connectivity index (χ0) is 17.6. The minimum Gasteiger partial charge on any atom is -0.625 e. The van der Waals surface area contributed by atoms with Crippen molar-refractivity contribution in [1.82, 2.24) is 0 Å². The monoisotopic (exact) mass is 323 g/mol. The molecule has 0 aliphatic heterocycles. The molecule has 0 atom stereocenters. The third kappa shape index (κ3) is 5.54. The second-order valence-corrected chi connectivity index (χ2v) is 6.47. The van der Waals surface area contributed by atoms with Gasteiger partial charge in [0.2, 0.25) is 0 Å². The number of aliphatic imine (C=N–C) groups is 2. The molecule has 126 valence electrons. The second-order valence-electron chi connectivity index (χ2n) is 6.47. The summed E-state index contributed by atoms with van der Waals surface area (Å²) in [6.45, 7) is 8.00. The van der Waals surface area contributed by atoms with Crippen LogP contribution in [0.4, 0.5) is 5.69 Å². The lowest BCUT2D eigenvalue weighted by molar-refractivity contribution is 0.415. The summed E-state index contributed by atoms with van der Waals surface area (Å²) in [5.41, 5.74) is 2.63. The Morgan fingerprint density at radius 2 is 1.75 bits per heavy atom. The Labute approximate surface area is 143 Å². The fourth-order valence-corrected chi connectivity index (χ4v) is 1.88. The van der Waals surface area contributed by atoms with Crippen LogP contribution in [0.15, 0.2) is 52.4 Å². The highest BCUT2D eigenvalue weighted by atomic mass is 16.5. The molecule has 24 heavy (non-hydrogen) atoms. The topological polar surface area (TPSA) is 43.2 Å². The molecule has 4 heteroatoms. The van der Waals surface area contributed by atoms with Crippen LogP contribution in [0.2, 0.25) is 0 Å². The molecule has 0 amide bonds. The number of methoxy groups -OCH3 is 1. The predicted octanol–water partition coefficient (Wildman–Crippen LogP) is 4.84. The van der Waals surface area contributed by atoms with Crippen LogP contribution < -0.4 is 9.47 Å². The van der Waals surface area contributed by atoms with Crippen molar-refractivity contribution in [2.75, 3.05) is 7.11 Å². The van der Waals surface area contributed by atoms with Crippen LogP contribution in [-0.4, -0.2) is 25.3 Å². The minimum atomic E-state index is -0.220. The fraction of sp³-hybridized carbons (Fsp3) is 0.300. The van der Waals surface area contributed by atoms with Gasteiger partial charge in [-0.05, 0) is 63.3 Å². The van der Waals surface area contributed by atoms with E-state index in [1.54, 1.807) is 13.3 Å². The normalized spacial score (nSPS) is 12.0. The molecule has 0 spiro atoms. The van der Waals surface area contributed by atoms with Crippen LogP contribution >= 0.6 is 0 Å². The average molecular weight is 323 g/mol. The first-order valence-corrected chi connectivity index (χ1v) is 7.80. The summed E-state index contributed by atoms with van der Waals surface area (Å²) >= 11 is 0. The summed E-state index contributed by atoms with van der Waals surface area (Å²) in [4.78, 5) is 8.71. The van der Waals surface area contributed by atoms with Crippen LogP contribution in [0, 0.1) is 6.92 Å². The second kappa shape index (κ2) is 7.77. The molecule has 0 aromatic heterocycles. The third-order valence-electron chi connectivity index (χ3n) is 3.13. The van der Waals surface area contributed by atoms with Crippen LogP contribution in [0.25, 0.3) is 0 Å². The summed E-state index contributed by atoms with van der Waals surface area (Å²) < 4.78 is 10.7. The third-order valence-corrected chi connectivity index (χ3v) is 3.13. The lowest BCUT2D eigenvalue weighted by atomic mass is 10.1. The van der Waals surface area contributed by atoms with Gasteiger partial charge in [0.05, 0.1) is 12.8 Å². The quantitative estimate of drug-likeness (QED) is 0.449. The zero-order valence-corrected chi connectivity index (χ0v) is 14.8. The number of aryl methyl sites for hydroxylation is 1. The number of hydrogen-bond acceptors (Lipinski definition) is 4. The molecule has 2 rings (SSSR count). The molecule has 0 bridgehead atoms. The van der Waals surface area contributed by atoms with Crippen LogP contribution in [0.5, 0.6) is 11.5 Å². The molecule has 2 aromatic carbocycles. The predicted molar refractivity (Wildman–Crippen MR) is 99.2 cm³/mol. The molecule has 0 aliphatic carbocycles. The summed E-state index contributed by atoms with van der Waals surface area (Å²) in [6.07, 6.45) is 4.44. The first-order valence-electron chi connectivity index (χ1n) is 7.80. The van der Waals surface area contributed by atoms with Crippen LogP contribution in [-0.2, 0) is 0 Å². The molecular weight excluding hydrogens is 300 g/mol. The van der Waals surface area contributed by atoms with Gasteiger partial charge in [0.25, 0.3) is 0 Å². The fourth-order valence-electron chi connectivity index (χ4n) is 1.88. The Hall–Kier alpha value is -2.62. The average Bonchev–Trinajstić information content (AvgIpc) is 2.54. The summed E-state index contributed by atoms with van der Waals surface area (Å²) in [5, 5.41) is 0. The largest absolute Gasteiger partial charge is 0.625 e. The van der Waals surface area contributed by atoms with Gasteiger partial charge < -0.3 is 14.5 Å². The van der Waals surface area contributed by atoms with Gasteiger partial charge in [-0.15, -0.1) is 6.07 Å². The van der Waals surface area contributed by atoms with E-state index in [1.807, 2.05) is 70.2 Å². The van der Waals surface area contributed by atoms with Gasteiger partial charge in [0.15, 0.2) is 0 Å². The van der Waals surface area contributed by atoms with E-state index in [9.17, 15) is 0 Å². The van der Waals surface area contributed by atoms with E-state index in [4.69, 9.17) is 9.47 Å². The molecule has 0 N–H and O–H groups in total. The Balaban J connectivity index is 2.20. The van der Waals surface area contributed by atoms with Crippen molar-refractivity contribution in [3.05, 3.63) is 53.6 Å². The number of hydrogen-bond donors (Lipinski definition) is 0. The Bertz CT molecular complexity index is 726. The van der Waals surface area contributed by atoms with E-state index < -0.39 is 0 Å². The summed E-state index contributed by atoms with van der Waals surface area (Å²) in [7, 11) is 1.64. The van der Waals surface area contributed by atoms with Crippen molar-refractivity contribution >= 4 is 18.3 Å². The van der Waals surface area contributed by atoms with Gasteiger partial charge in [0, 0.05) is 18.2 Å². The number of nitrogens with zero attached hydrogens (tertiary/aromatic N) is 2. The molecule has 2 aromatic rings. The molecule has 0 radical (unpaired) electrons. The zero-order valence-electron chi connectivity index (χ0n) is 14.8. The lowest BCUT2D eigenvalue weighted by Crippen LogP contribution is -2.11. The number of benzene rings is 2. The summed E-state index contributed by atoms with van der Waals surface area (Å²) in [5.74, 6) is 1.48. The van der Waals surface area contributed by atoms with Gasteiger partial charge in [0.1, 0.15) is 5.75 Å². The number of rotatable bonds is 5. The molecule has 4 nitrogen and oxygen atoms in total. The van der Waals surface area contributed by atoms with Crippen molar-refractivity contribution in [2.24, 2.45) is 9.98 Å². The first kappa shape index (κ1) is 17.7. The highest BCUT2D eigenvalue weighted by Gasteiger charge is 2.01. The van der Waals surface area contributed by atoms with Crippen LogP contribution in [0.1, 0.15) is 31.9 Å². The van der Waals surface area contributed by atoms with E-state index in [2.05, 4.69) is 16.4 Å². The Morgan fingerprint density at radius 3 is 2.38 bits per heavy atom. The van der Waals surface area contributed by atoms with E-state index in [0.29, 0.717) is 5.75 Å². The summed E-state index contributed by atoms with van der Waals surface area (Å²) in [6, 6.07) is 13.5. The molecule has 0 aliphatic rings. The highest BCUT2D eigenvalue weighted by molar-refractivity contribution is 5.86. The molecule has 0 unspecified atom stereocenters. The van der Waals surface area contributed by atoms with Crippen molar-refractivity contribution in [2.45, 2.75) is 33.2 Å². The Morgan fingerprint density at radius 1 is 1.04 bits per heavy atom. The van der Waals surface area contributed by atoms with Crippen LogP contribution in [0.3, 0.4) is 0 Å². The molecule has 0 fully saturated rings. The van der Waals surface area contributed by atoms with E-state index >= 15 is 0 Å². The van der Waals surface area contributed by atoms with Crippen molar-refractivity contribution in [1.29, 1.82) is 0 Å². The minimum absolute atomic E-state index is 0.220. The van der Waals surface area contributed by atoms with E-state index in [1.165, 1.54) is 0 Å². The maximum absolute atomic E-state index is 5.57. The van der Waals surface area contributed by atoms with Crippen molar-refractivity contribution in [3.63, 3.8) is 0 Å². The van der Waals surface area contributed by atoms with Gasteiger partial charge in [-0.2, -0.15) is 0 Å². The van der Waals surface area contributed by atoms with Gasteiger partial charge in [-0.1, -0.05) is 17.7 Å². The van der Waals surface area contributed by atoms with Gasteiger partial charge in [-0.25, -0.2) is 0 Å². The maximum Gasteiger partial charge on any atom is 0.119 e.